The van der Waals surface area contributed by atoms with Crippen molar-refractivity contribution < 1.29 is 33.4 Å². The van der Waals surface area contributed by atoms with Gasteiger partial charge in [0.05, 0.1) is 17.5 Å². The Morgan fingerprint density at radius 1 is 1.03 bits per heavy atom. The number of hydrogen-bond donors (Lipinski definition) is 3. The number of nitrogens with zero attached hydrogens (tertiary/aromatic N) is 1. The van der Waals surface area contributed by atoms with Crippen LogP contribution >= 0.6 is 0 Å². The Balaban J connectivity index is 1.45. The van der Waals surface area contributed by atoms with E-state index in [4.69, 9.17) is 4.74 Å². The highest BCUT2D eigenvalue weighted by Crippen LogP contribution is 2.54. The molecule has 1 spiro atoms. The molecule has 6 rings (SSSR count). The second kappa shape index (κ2) is 8.49. The summed E-state index contributed by atoms with van der Waals surface area (Å²) in [4.78, 5) is 53.7. The topological polar surface area (TPSA) is 125 Å². The lowest BCUT2D eigenvalue weighted by Crippen LogP contribution is -2.53. The molecule has 0 aromatic heterocycles. The molecule has 3 aliphatic rings. The molecule has 9 nitrogen and oxygen atoms in total. The molecule has 2 fully saturated rings. The summed E-state index contributed by atoms with van der Waals surface area (Å²) >= 11 is 0. The zero-order chi connectivity index (χ0) is 26.8. The number of carbonyl (C=O) groups excluding carboxylic acids is 4. The predicted molar refractivity (Wildman–Crippen MR) is 133 cm³/mol. The van der Waals surface area contributed by atoms with Crippen molar-refractivity contribution >= 4 is 35.1 Å². The lowest BCUT2D eigenvalue weighted by Gasteiger charge is -2.29. The van der Waals surface area contributed by atoms with Gasteiger partial charge in [0.15, 0.2) is 0 Å². The third-order valence-corrected chi connectivity index (χ3v) is 7.43. The molecule has 3 amide bonds. The largest absolute Gasteiger partial charge is 0.508 e. The van der Waals surface area contributed by atoms with Gasteiger partial charge in [-0.3, -0.25) is 24.5 Å². The maximum atomic E-state index is 14.4. The van der Waals surface area contributed by atoms with E-state index in [0.717, 1.165) is 10.5 Å². The number of imide groups is 1. The van der Waals surface area contributed by atoms with Crippen molar-refractivity contribution in [3.8, 4) is 11.5 Å². The van der Waals surface area contributed by atoms with Crippen molar-refractivity contribution in [2.45, 2.75) is 24.9 Å². The van der Waals surface area contributed by atoms with Gasteiger partial charge >= 0.3 is 5.97 Å². The predicted octanol–water partition coefficient (Wildman–Crippen LogP) is 2.62. The maximum absolute atomic E-state index is 14.4. The van der Waals surface area contributed by atoms with Crippen LogP contribution in [0.15, 0.2) is 66.7 Å². The zero-order valence-electron chi connectivity index (χ0n) is 20.1. The number of hydrogen-bond acceptors (Lipinski definition) is 7. The standard InChI is InChI=1S/C28H22FN3O6/c1-14(33)38-19-9-5-17(6-10-19)32-25(35)23-22(12-15-2-7-18(34)8-3-15)31-28(24(23)26(32)36)20-13-16(29)4-11-21(20)30-27(28)37/h2-11,13,22-24,31,34H,12H2,1H3,(H,30,37). The monoisotopic (exact) mass is 515 g/mol. The van der Waals surface area contributed by atoms with Crippen molar-refractivity contribution in [3.63, 3.8) is 0 Å². The molecular weight excluding hydrogens is 493 g/mol. The fourth-order valence-corrected chi connectivity index (χ4v) is 5.92. The van der Waals surface area contributed by atoms with Gasteiger partial charge in [-0.15, -0.1) is 0 Å². The summed E-state index contributed by atoms with van der Waals surface area (Å²) in [5.41, 5.74) is 0.0412. The molecule has 38 heavy (non-hydrogen) atoms. The second-order valence-electron chi connectivity index (χ2n) is 9.68. The highest BCUT2D eigenvalue weighted by Gasteiger charge is 2.70. The first-order valence-electron chi connectivity index (χ1n) is 12.0. The summed E-state index contributed by atoms with van der Waals surface area (Å²) in [6, 6.07) is 15.6. The number of aromatic hydroxyl groups is 1. The van der Waals surface area contributed by atoms with E-state index in [2.05, 4.69) is 10.6 Å². The van der Waals surface area contributed by atoms with Crippen LogP contribution in [-0.4, -0.2) is 34.8 Å². The first kappa shape index (κ1) is 23.8. The third-order valence-electron chi connectivity index (χ3n) is 7.43. The van der Waals surface area contributed by atoms with E-state index >= 15 is 0 Å². The molecule has 3 aromatic carbocycles. The smallest absolute Gasteiger partial charge is 0.308 e. The number of phenolic OH excluding ortho intramolecular Hbond substituents is 1. The number of benzene rings is 3. The van der Waals surface area contributed by atoms with Gasteiger partial charge in [0.1, 0.15) is 22.9 Å². The summed E-state index contributed by atoms with van der Waals surface area (Å²) in [5.74, 6) is -4.43. The number of carbonyl (C=O) groups is 4. The molecule has 3 N–H and O–H groups in total. The number of anilines is 2. The van der Waals surface area contributed by atoms with Gasteiger partial charge in [-0.2, -0.15) is 0 Å². The molecule has 0 aliphatic carbocycles. The molecular formula is C28H22FN3O6. The number of phenols is 1. The molecule has 3 aliphatic heterocycles. The van der Waals surface area contributed by atoms with Crippen LogP contribution in [0.4, 0.5) is 15.8 Å². The Morgan fingerprint density at radius 3 is 2.42 bits per heavy atom. The number of fused-ring (bicyclic) bond motifs is 4. The Bertz CT molecular complexity index is 1510. The van der Waals surface area contributed by atoms with Gasteiger partial charge in [0.25, 0.3) is 0 Å². The highest BCUT2D eigenvalue weighted by atomic mass is 19.1. The van der Waals surface area contributed by atoms with Crippen molar-refractivity contribution in [1.29, 1.82) is 0 Å². The minimum atomic E-state index is -1.65. The van der Waals surface area contributed by atoms with E-state index in [-0.39, 0.29) is 29.2 Å². The van der Waals surface area contributed by atoms with Crippen LogP contribution in [0.1, 0.15) is 18.1 Å². The quantitative estimate of drug-likeness (QED) is 0.277. The summed E-state index contributed by atoms with van der Waals surface area (Å²) < 4.78 is 19.5. The van der Waals surface area contributed by atoms with E-state index < -0.39 is 52.9 Å². The number of halogens is 1. The minimum absolute atomic E-state index is 0.0811. The van der Waals surface area contributed by atoms with Crippen LogP contribution in [-0.2, 0) is 31.1 Å². The van der Waals surface area contributed by atoms with Gasteiger partial charge in [-0.1, -0.05) is 12.1 Å². The molecule has 2 saturated heterocycles. The molecule has 4 unspecified atom stereocenters. The summed E-state index contributed by atoms with van der Waals surface area (Å²) in [5, 5.41) is 15.7. The maximum Gasteiger partial charge on any atom is 0.308 e. The molecule has 0 bridgehead atoms. The van der Waals surface area contributed by atoms with Crippen LogP contribution < -0.4 is 20.3 Å². The molecule has 3 aromatic rings. The molecule has 3 heterocycles. The third kappa shape index (κ3) is 3.48. The number of rotatable bonds is 4. The van der Waals surface area contributed by atoms with Crippen LogP contribution in [0.2, 0.25) is 0 Å². The van der Waals surface area contributed by atoms with E-state index in [1.165, 1.54) is 61.5 Å². The Morgan fingerprint density at radius 2 is 1.74 bits per heavy atom. The van der Waals surface area contributed by atoms with Crippen molar-refractivity contribution in [1.82, 2.24) is 5.32 Å². The van der Waals surface area contributed by atoms with Gasteiger partial charge in [0.2, 0.25) is 17.7 Å². The fraction of sp³-hybridized carbons (Fsp3) is 0.214. The first-order chi connectivity index (χ1) is 18.2. The van der Waals surface area contributed by atoms with Gasteiger partial charge in [-0.25, -0.2) is 9.29 Å². The normalized spacial score (nSPS) is 25.5. The Hall–Kier alpha value is -4.57. The molecule has 192 valence electrons. The number of esters is 1. The highest BCUT2D eigenvalue weighted by molar-refractivity contribution is 6.25. The van der Waals surface area contributed by atoms with Crippen LogP contribution in [0.25, 0.3) is 0 Å². The summed E-state index contributed by atoms with van der Waals surface area (Å²) in [7, 11) is 0. The van der Waals surface area contributed by atoms with Gasteiger partial charge in [0, 0.05) is 24.2 Å². The number of nitrogens with one attached hydrogen (secondary N) is 2. The molecule has 10 heteroatoms. The Kier molecular flexibility index (Phi) is 5.32. The second-order valence-corrected chi connectivity index (χ2v) is 9.68. The van der Waals surface area contributed by atoms with Gasteiger partial charge in [-0.05, 0) is 66.6 Å². The van der Waals surface area contributed by atoms with Crippen molar-refractivity contribution in [2.75, 3.05) is 10.2 Å². The van der Waals surface area contributed by atoms with E-state index in [1.807, 2.05) is 0 Å². The first-order valence-corrected chi connectivity index (χ1v) is 12.0. The molecule has 0 radical (unpaired) electrons. The Labute approximate surface area is 216 Å². The average molecular weight is 515 g/mol. The number of ether oxygens (including phenoxy) is 1. The summed E-state index contributed by atoms with van der Waals surface area (Å²) in [6.07, 6.45) is 0.277. The SMILES string of the molecule is CC(=O)Oc1ccc(N2C(=O)C3C(Cc4ccc(O)cc4)NC4(C(=O)Nc5ccc(F)cc54)C3C2=O)cc1. The van der Waals surface area contributed by atoms with Crippen molar-refractivity contribution in [3.05, 3.63) is 83.7 Å². The van der Waals surface area contributed by atoms with Crippen LogP contribution in [0, 0.1) is 17.7 Å². The lowest BCUT2D eigenvalue weighted by atomic mass is 9.76. The van der Waals surface area contributed by atoms with E-state index in [1.54, 1.807) is 12.1 Å². The number of amides is 3. The lowest BCUT2D eigenvalue weighted by molar-refractivity contribution is -0.132. The minimum Gasteiger partial charge on any atom is -0.508 e. The van der Waals surface area contributed by atoms with E-state index in [9.17, 15) is 28.7 Å². The van der Waals surface area contributed by atoms with Crippen LogP contribution in [0.3, 0.4) is 0 Å². The van der Waals surface area contributed by atoms with E-state index in [0.29, 0.717) is 5.69 Å². The fourth-order valence-electron chi connectivity index (χ4n) is 5.92. The zero-order valence-corrected chi connectivity index (χ0v) is 20.1. The van der Waals surface area contributed by atoms with Crippen LogP contribution in [0.5, 0.6) is 11.5 Å². The molecule has 4 atom stereocenters. The van der Waals surface area contributed by atoms with Crippen molar-refractivity contribution in [2.24, 2.45) is 11.8 Å². The van der Waals surface area contributed by atoms with Gasteiger partial charge < -0.3 is 15.2 Å². The summed E-state index contributed by atoms with van der Waals surface area (Å²) in [6.45, 7) is 1.26. The molecule has 0 saturated carbocycles. The average Bonchev–Trinajstić information content (AvgIpc) is 3.45.